The van der Waals surface area contributed by atoms with E-state index in [0.29, 0.717) is 5.95 Å². The van der Waals surface area contributed by atoms with Crippen LogP contribution in [-0.2, 0) is 6.54 Å². The number of hydrogen-bond acceptors (Lipinski definition) is 5. The van der Waals surface area contributed by atoms with Crippen LogP contribution in [0.15, 0.2) is 11.6 Å². The van der Waals surface area contributed by atoms with Crippen LogP contribution in [0.5, 0.6) is 0 Å². The molecule has 3 aromatic rings. The minimum atomic E-state index is 0.112. The Bertz CT molecular complexity index is 724. The molecule has 0 aliphatic heterocycles. The van der Waals surface area contributed by atoms with Gasteiger partial charge in [0, 0.05) is 18.1 Å². The van der Waals surface area contributed by atoms with Crippen molar-refractivity contribution in [2.24, 2.45) is 0 Å². The normalized spacial score (nSPS) is 13.2. The standard InChI is InChI=1S/C13H18N6S/c1-4-9(11-15-6-7-20-11)19-12-10(16-13(19)14)8(3)17-18(12)5-2/h6-7,9H,4-5H2,1-3H3,(H2,14,16). The Kier molecular flexibility index (Phi) is 3.21. The van der Waals surface area contributed by atoms with E-state index in [4.69, 9.17) is 5.73 Å². The number of nitrogens with two attached hydrogens (primary N) is 1. The van der Waals surface area contributed by atoms with Crippen molar-refractivity contribution in [3.05, 3.63) is 22.3 Å². The van der Waals surface area contributed by atoms with E-state index in [1.165, 1.54) is 0 Å². The van der Waals surface area contributed by atoms with Crippen LogP contribution in [0.2, 0.25) is 0 Å². The van der Waals surface area contributed by atoms with Crippen molar-refractivity contribution in [2.45, 2.75) is 39.8 Å². The third kappa shape index (κ3) is 1.81. The summed E-state index contributed by atoms with van der Waals surface area (Å²) in [4.78, 5) is 8.93. The smallest absolute Gasteiger partial charge is 0.203 e. The first kappa shape index (κ1) is 13.1. The molecule has 3 heterocycles. The minimum absolute atomic E-state index is 0.112. The van der Waals surface area contributed by atoms with E-state index in [0.717, 1.165) is 34.8 Å². The Hall–Kier alpha value is -1.89. The molecule has 0 aromatic carbocycles. The molecule has 0 radical (unpaired) electrons. The van der Waals surface area contributed by atoms with Crippen molar-refractivity contribution in [1.29, 1.82) is 0 Å². The van der Waals surface area contributed by atoms with E-state index in [-0.39, 0.29) is 6.04 Å². The Labute approximate surface area is 121 Å². The quantitative estimate of drug-likeness (QED) is 0.801. The molecule has 0 fully saturated rings. The number of rotatable bonds is 4. The first-order valence-corrected chi connectivity index (χ1v) is 7.65. The molecule has 106 valence electrons. The molecule has 0 saturated carbocycles. The number of nitrogen functional groups attached to an aromatic ring is 1. The predicted molar refractivity (Wildman–Crippen MR) is 80.9 cm³/mol. The number of fused-ring (bicyclic) bond motifs is 1. The van der Waals surface area contributed by atoms with Gasteiger partial charge in [-0.15, -0.1) is 11.3 Å². The Balaban J connectivity index is 2.26. The fourth-order valence-electron chi connectivity index (χ4n) is 2.60. The topological polar surface area (TPSA) is 74.6 Å². The second-order valence-electron chi connectivity index (χ2n) is 4.71. The summed E-state index contributed by atoms with van der Waals surface area (Å²) in [6.07, 6.45) is 2.74. The maximum absolute atomic E-state index is 6.16. The number of hydrogen-bond donors (Lipinski definition) is 1. The summed E-state index contributed by atoms with van der Waals surface area (Å²) in [6.45, 7) is 6.97. The number of imidazole rings is 1. The van der Waals surface area contributed by atoms with E-state index in [1.807, 2.05) is 23.2 Å². The zero-order valence-corrected chi connectivity index (χ0v) is 12.7. The third-order valence-electron chi connectivity index (χ3n) is 3.51. The molecule has 0 aliphatic rings. The maximum Gasteiger partial charge on any atom is 0.203 e. The zero-order valence-electron chi connectivity index (χ0n) is 11.9. The van der Waals surface area contributed by atoms with Gasteiger partial charge in [0.1, 0.15) is 10.5 Å². The molecule has 0 saturated heterocycles. The van der Waals surface area contributed by atoms with Crippen molar-refractivity contribution in [3.8, 4) is 0 Å². The second-order valence-corrected chi connectivity index (χ2v) is 5.63. The van der Waals surface area contributed by atoms with Crippen molar-refractivity contribution in [3.63, 3.8) is 0 Å². The van der Waals surface area contributed by atoms with Gasteiger partial charge in [0.25, 0.3) is 0 Å². The van der Waals surface area contributed by atoms with Crippen LogP contribution in [0.25, 0.3) is 11.2 Å². The van der Waals surface area contributed by atoms with Crippen molar-refractivity contribution >= 4 is 28.4 Å². The third-order valence-corrected chi connectivity index (χ3v) is 4.38. The highest BCUT2D eigenvalue weighted by atomic mass is 32.1. The van der Waals surface area contributed by atoms with Gasteiger partial charge in [0.2, 0.25) is 5.95 Å². The molecule has 0 bridgehead atoms. The van der Waals surface area contributed by atoms with Crippen LogP contribution in [0.1, 0.15) is 37.0 Å². The molecule has 0 aliphatic carbocycles. The summed E-state index contributed by atoms with van der Waals surface area (Å²) in [5.41, 5.74) is 8.96. The fraction of sp³-hybridized carbons (Fsp3) is 0.462. The van der Waals surface area contributed by atoms with E-state index in [1.54, 1.807) is 11.3 Å². The van der Waals surface area contributed by atoms with Crippen LogP contribution in [-0.4, -0.2) is 24.3 Å². The Morgan fingerprint density at radius 2 is 2.20 bits per heavy atom. The van der Waals surface area contributed by atoms with Gasteiger partial charge in [0.15, 0.2) is 5.65 Å². The Morgan fingerprint density at radius 3 is 2.80 bits per heavy atom. The lowest BCUT2D eigenvalue weighted by Gasteiger charge is -2.17. The van der Waals surface area contributed by atoms with Gasteiger partial charge in [-0.3, -0.25) is 4.57 Å². The lowest BCUT2D eigenvalue weighted by Crippen LogP contribution is -2.15. The fourth-order valence-corrected chi connectivity index (χ4v) is 3.41. The van der Waals surface area contributed by atoms with Crippen molar-refractivity contribution in [2.75, 3.05) is 5.73 Å². The number of thiazole rings is 1. The predicted octanol–water partition coefficient (Wildman–Crippen LogP) is 2.60. The molecular formula is C13H18N6S. The van der Waals surface area contributed by atoms with Crippen LogP contribution >= 0.6 is 11.3 Å². The zero-order chi connectivity index (χ0) is 14.3. The van der Waals surface area contributed by atoms with Crippen LogP contribution in [0.4, 0.5) is 5.95 Å². The first-order chi connectivity index (χ1) is 9.67. The molecule has 1 unspecified atom stereocenters. The number of aromatic nitrogens is 5. The van der Waals surface area contributed by atoms with Crippen molar-refractivity contribution < 1.29 is 0 Å². The first-order valence-electron chi connectivity index (χ1n) is 6.77. The van der Waals surface area contributed by atoms with E-state index in [9.17, 15) is 0 Å². The number of anilines is 1. The number of aryl methyl sites for hydroxylation is 2. The molecule has 0 amide bonds. The van der Waals surface area contributed by atoms with E-state index < -0.39 is 0 Å². The van der Waals surface area contributed by atoms with Gasteiger partial charge in [-0.1, -0.05) is 6.92 Å². The SMILES string of the molecule is CCC(c1nccs1)n1c(N)nc2c(C)nn(CC)c21. The second kappa shape index (κ2) is 4.90. The molecule has 3 aromatic heterocycles. The van der Waals surface area contributed by atoms with E-state index >= 15 is 0 Å². The highest BCUT2D eigenvalue weighted by molar-refractivity contribution is 7.09. The summed E-state index contributed by atoms with van der Waals surface area (Å²) < 4.78 is 4.03. The molecule has 3 rings (SSSR count). The van der Waals surface area contributed by atoms with Gasteiger partial charge < -0.3 is 5.73 Å². The largest absolute Gasteiger partial charge is 0.369 e. The average molecular weight is 290 g/mol. The lowest BCUT2D eigenvalue weighted by atomic mass is 10.2. The Morgan fingerprint density at radius 1 is 1.40 bits per heavy atom. The van der Waals surface area contributed by atoms with Crippen LogP contribution < -0.4 is 5.73 Å². The molecule has 1 atom stereocenters. The average Bonchev–Trinajstić information content (AvgIpc) is 3.12. The minimum Gasteiger partial charge on any atom is -0.369 e. The summed E-state index contributed by atoms with van der Waals surface area (Å²) in [5.74, 6) is 0.532. The van der Waals surface area contributed by atoms with Gasteiger partial charge >= 0.3 is 0 Å². The summed E-state index contributed by atoms with van der Waals surface area (Å²) >= 11 is 1.65. The highest BCUT2D eigenvalue weighted by Crippen LogP contribution is 2.31. The van der Waals surface area contributed by atoms with Gasteiger partial charge in [-0.05, 0) is 20.3 Å². The molecule has 0 spiro atoms. The van der Waals surface area contributed by atoms with Crippen molar-refractivity contribution in [1.82, 2.24) is 24.3 Å². The molecule has 7 heteroatoms. The lowest BCUT2D eigenvalue weighted by molar-refractivity contribution is 0.558. The summed E-state index contributed by atoms with van der Waals surface area (Å²) in [5, 5.41) is 7.58. The van der Waals surface area contributed by atoms with Gasteiger partial charge in [-0.2, -0.15) is 5.10 Å². The van der Waals surface area contributed by atoms with Crippen LogP contribution in [0, 0.1) is 6.92 Å². The summed E-state index contributed by atoms with van der Waals surface area (Å²) in [7, 11) is 0. The van der Waals surface area contributed by atoms with E-state index in [2.05, 4.69) is 33.5 Å². The molecular weight excluding hydrogens is 272 g/mol. The monoisotopic (exact) mass is 290 g/mol. The molecule has 2 N–H and O–H groups in total. The maximum atomic E-state index is 6.16. The molecule has 20 heavy (non-hydrogen) atoms. The molecule has 6 nitrogen and oxygen atoms in total. The van der Waals surface area contributed by atoms with Gasteiger partial charge in [-0.25, -0.2) is 14.6 Å². The van der Waals surface area contributed by atoms with Gasteiger partial charge in [0.05, 0.1) is 11.7 Å². The number of nitrogens with zero attached hydrogens (tertiary/aromatic N) is 5. The van der Waals surface area contributed by atoms with Crippen LogP contribution in [0.3, 0.4) is 0 Å². The highest BCUT2D eigenvalue weighted by Gasteiger charge is 2.24. The summed E-state index contributed by atoms with van der Waals surface area (Å²) in [6, 6.07) is 0.112.